The minimum absolute atomic E-state index is 0.0875. The largest absolute Gasteiger partial charge is 0.373 e. The Bertz CT molecular complexity index is 712. The Hall–Kier alpha value is -2.10. The molecule has 1 saturated heterocycles. The van der Waals surface area contributed by atoms with Crippen molar-refractivity contribution >= 4 is 22.5 Å². The molecule has 21 heavy (non-hydrogen) atoms. The number of hydrogen-bond donors (Lipinski definition) is 1. The number of likely N-dealkylation sites (tertiary alicyclic amines) is 1. The molecule has 4 heteroatoms. The summed E-state index contributed by atoms with van der Waals surface area (Å²) in [5.74, 6) is 1.58. The summed E-state index contributed by atoms with van der Waals surface area (Å²) < 4.78 is 0. The minimum Gasteiger partial charge on any atom is -0.373 e. The van der Waals surface area contributed by atoms with Crippen LogP contribution in [0.4, 0.5) is 5.82 Å². The van der Waals surface area contributed by atoms with Gasteiger partial charge in [0.1, 0.15) is 11.5 Å². The first-order valence-corrected chi connectivity index (χ1v) is 7.65. The first-order chi connectivity index (χ1) is 10.3. The van der Waals surface area contributed by atoms with Crippen molar-refractivity contribution in [2.24, 2.45) is 5.92 Å². The zero-order valence-corrected chi connectivity index (χ0v) is 12.2. The number of hydrogen-bond acceptors (Lipinski definition) is 3. The van der Waals surface area contributed by atoms with Gasteiger partial charge in [-0.15, -0.1) is 0 Å². The summed E-state index contributed by atoms with van der Waals surface area (Å²) in [5, 5.41) is 5.22. The van der Waals surface area contributed by atoms with Gasteiger partial charge >= 0.3 is 0 Å². The number of benzene rings is 1. The topological polar surface area (TPSA) is 45.2 Å². The number of fused-ring (bicyclic) bond motifs is 3. The van der Waals surface area contributed by atoms with E-state index in [1.165, 1.54) is 12.8 Å². The second kappa shape index (κ2) is 4.72. The van der Waals surface area contributed by atoms with Gasteiger partial charge in [-0.05, 0) is 36.6 Å². The van der Waals surface area contributed by atoms with Crippen molar-refractivity contribution in [3.05, 3.63) is 36.0 Å². The van der Waals surface area contributed by atoms with Crippen molar-refractivity contribution in [3.8, 4) is 0 Å². The van der Waals surface area contributed by atoms with Crippen LogP contribution in [0.25, 0.3) is 10.8 Å². The molecule has 1 aliphatic carbocycles. The fraction of sp³-hybridized carbons (Fsp3) is 0.412. The normalized spacial score (nSPS) is 23.8. The Morgan fingerprint density at radius 1 is 1.33 bits per heavy atom. The SMILES string of the molecule is CNc1nc(C(=O)N2CC3CCC2C3)cc2ccccc12. The zero-order valence-electron chi connectivity index (χ0n) is 12.2. The molecule has 108 valence electrons. The van der Waals surface area contributed by atoms with Crippen LogP contribution in [0.1, 0.15) is 29.8 Å². The number of nitrogens with zero attached hydrogens (tertiary/aromatic N) is 2. The maximum atomic E-state index is 12.8. The fourth-order valence-electron chi connectivity index (χ4n) is 3.82. The van der Waals surface area contributed by atoms with Crippen LogP contribution in [0.5, 0.6) is 0 Å². The first-order valence-electron chi connectivity index (χ1n) is 7.65. The number of rotatable bonds is 2. The maximum Gasteiger partial charge on any atom is 0.272 e. The lowest BCUT2D eigenvalue weighted by molar-refractivity contribution is 0.0698. The highest BCUT2D eigenvalue weighted by Gasteiger charge is 2.40. The predicted octanol–water partition coefficient (Wildman–Crippen LogP) is 2.90. The summed E-state index contributed by atoms with van der Waals surface area (Å²) in [6.07, 6.45) is 3.61. The van der Waals surface area contributed by atoms with E-state index in [1.54, 1.807) is 0 Å². The highest BCUT2D eigenvalue weighted by Crippen LogP contribution is 2.38. The second-order valence-corrected chi connectivity index (χ2v) is 6.12. The van der Waals surface area contributed by atoms with Crippen LogP contribution in [-0.4, -0.2) is 35.4 Å². The molecule has 0 radical (unpaired) electrons. The van der Waals surface area contributed by atoms with Crippen LogP contribution >= 0.6 is 0 Å². The number of nitrogens with one attached hydrogen (secondary N) is 1. The zero-order chi connectivity index (χ0) is 14.4. The average Bonchev–Trinajstić information content (AvgIpc) is 3.16. The monoisotopic (exact) mass is 281 g/mol. The lowest BCUT2D eigenvalue weighted by Gasteiger charge is -2.26. The summed E-state index contributed by atoms with van der Waals surface area (Å²) in [7, 11) is 1.85. The molecule has 2 aliphatic rings. The van der Waals surface area contributed by atoms with Crippen molar-refractivity contribution in [2.75, 3.05) is 18.9 Å². The van der Waals surface area contributed by atoms with Crippen molar-refractivity contribution in [1.29, 1.82) is 0 Å². The standard InChI is InChI=1S/C17H19N3O/c1-18-16-14-5-3-2-4-12(14)9-15(19-16)17(21)20-10-11-6-7-13(20)8-11/h2-5,9,11,13H,6-8,10H2,1H3,(H,18,19). The van der Waals surface area contributed by atoms with Gasteiger partial charge in [0.05, 0.1) is 0 Å². The Labute approximate surface area is 124 Å². The lowest BCUT2D eigenvalue weighted by atomic mass is 10.1. The van der Waals surface area contributed by atoms with E-state index in [2.05, 4.69) is 10.3 Å². The van der Waals surface area contributed by atoms with Gasteiger partial charge in [0.2, 0.25) is 0 Å². The highest BCUT2D eigenvalue weighted by atomic mass is 16.2. The summed E-state index contributed by atoms with van der Waals surface area (Å²) in [4.78, 5) is 19.4. The quantitative estimate of drug-likeness (QED) is 0.920. The number of anilines is 1. The van der Waals surface area contributed by atoms with Crippen LogP contribution in [-0.2, 0) is 0 Å². The van der Waals surface area contributed by atoms with E-state index >= 15 is 0 Å². The van der Waals surface area contributed by atoms with Gasteiger partial charge in [0.25, 0.3) is 5.91 Å². The second-order valence-electron chi connectivity index (χ2n) is 6.12. The van der Waals surface area contributed by atoms with Gasteiger partial charge in [-0.3, -0.25) is 4.79 Å². The molecule has 4 rings (SSSR count). The van der Waals surface area contributed by atoms with E-state index in [9.17, 15) is 4.79 Å². The van der Waals surface area contributed by atoms with Gasteiger partial charge in [-0.2, -0.15) is 0 Å². The van der Waals surface area contributed by atoms with Crippen LogP contribution in [0, 0.1) is 5.92 Å². The smallest absolute Gasteiger partial charge is 0.272 e. The molecule has 1 aliphatic heterocycles. The molecular formula is C17H19N3O. The van der Waals surface area contributed by atoms with Gasteiger partial charge in [0, 0.05) is 25.0 Å². The number of aromatic nitrogens is 1. The van der Waals surface area contributed by atoms with Crippen molar-refractivity contribution < 1.29 is 4.79 Å². The van der Waals surface area contributed by atoms with Gasteiger partial charge in [-0.25, -0.2) is 4.98 Å². The molecule has 2 aromatic rings. The third-order valence-corrected chi connectivity index (χ3v) is 4.87. The van der Waals surface area contributed by atoms with Crippen LogP contribution in [0.2, 0.25) is 0 Å². The third-order valence-electron chi connectivity index (χ3n) is 4.87. The van der Waals surface area contributed by atoms with E-state index < -0.39 is 0 Å². The van der Waals surface area contributed by atoms with Gasteiger partial charge in [0.15, 0.2) is 0 Å². The molecule has 4 nitrogen and oxygen atoms in total. The van der Waals surface area contributed by atoms with E-state index in [0.29, 0.717) is 17.7 Å². The maximum absolute atomic E-state index is 12.8. The molecule has 1 amide bonds. The van der Waals surface area contributed by atoms with E-state index in [1.807, 2.05) is 42.3 Å². The van der Waals surface area contributed by atoms with Gasteiger partial charge in [-0.1, -0.05) is 24.3 Å². The molecular weight excluding hydrogens is 262 g/mol. The van der Waals surface area contributed by atoms with Gasteiger partial charge < -0.3 is 10.2 Å². The number of carbonyl (C=O) groups is 1. The summed E-state index contributed by atoms with van der Waals surface area (Å²) >= 11 is 0. The molecule has 0 spiro atoms. The summed E-state index contributed by atoms with van der Waals surface area (Å²) in [6, 6.07) is 10.4. The predicted molar refractivity (Wildman–Crippen MR) is 83.5 cm³/mol. The van der Waals surface area contributed by atoms with E-state index in [4.69, 9.17) is 0 Å². The summed E-state index contributed by atoms with van der Waals surface area (Å²) in [6.45, 7) is 0.910. The molecule has 2 fully saturated rings. The van der Waals surface area contributed by atoms with Crippen LogP contribution in [0.3, 0.4) is 0 Å². The molecule has 1 N–H and O–H groups in total. The summed E-state index contributed by atoms with van der Waals surface area (Å²) in [5.41, 5.74) is 0.561. The van der Waals surface area contributed by atoms with E-state index in [0.717, 1.165) is 29.6 Å². The molecule has 2 atom stereocenters. The van der Waals surface area contributed by atoms with Crippen molar-refractivity contribution in [3.63, 3.8) is 0 Å². The highest BCUT2D eigenvalue weighted by molar-refractivity contribution is 6.00. The Morgan fingerprint density at radius 3 is 2.90 bits per heavy atom. The molecule has 2 bridgehead atoms. The third kappa shape index (κ3) is 1.97. The fourth-order valence-corrected chi connectivity index (χ4v) is 3.82. The first kappa shape index (κ1) is 12.6. The number of piperidine rings is 1. The van der Waals surface area contributed by atoms with Crippen molar-refractivity contribution in [2.45, 2.75) is 25.3 Å². The molecule has 2 heterocycles. The molecule has 2 unspecified atom stereocenters. The Balaban J connectivity index is 1.74. The van der Waals surface area contributed by atoms with Crippen LogP contribution < -0.4 is 5.32 Å². The molecule has 1 aromatic heterocycles. The Kier molecular flexibility index (Phi) is 2.84. The average molecular weight is 281 g/mol. The molecule has 1 saturated carbocycles. The lowest BCUT2D eigenvalue weighted by Crippen LogP contribution is -2.38. The van der Waals surface area contributed by atoms with Crippen molar-refractivity contribution in [1.82, 2.24) is 9.88 Å². The minimum atomic E-state index is 0.0875. The van der Waals surface area contributed by atoms with Crippen LogP contribution in [0.15, 0.2) is 30.3 Å². The van der Waals surface area contributed by atoms with E-state index in [-0.39, 0.29) is 5.91 Å². The molecule has 1 aromatic carbocycles. The number of pyridine rings is 1. The number of amides is 1. The Morgan fingerprint density at radius 2 is 2.19 bits per heavy atom. The number of carbonyl (C=O) groups excluding carboxylic acids is 1.